The highest BCUT2D eigenvalue weighted by molar-refractivity contribution is 6.30. The summed E-state index contributed by atoms with van der Waals surface area (Å²) >= 11 is 5.56. The van der Waals surface area contributed by atoms with E-state index in [1.807, 2.05) is 0 Å². The smallest absolute Gasteiger partial charge is 0.254 e. The first-order chi connectivity index (χ1) is 9.47. The largest absolute Gasteiger partial charge is 0.387 e. The normalized spacial score (nSPS) is 12.2. The maximum Gasteiger partial charge on any atom is 0.254 e. The van der Waals surface area contributed by atoms with Crippen molar-refractivity contribution >= 4 is 17.5 Å². The zero-order valence-electron chi connectivity index (χ0n) is 10.7. The molecule has 106 valence electrons. The first-order valence-corrected chi connectivity index (χ1v) is 6.25. The molecule has 1 aromatic heterocycles. The van der Waals surface area contributed by atoms with E-state index in [0.717, 1.165) is 6.07 Å². The summed E-state index contributed by atoms with van der Waals surface area (Å²) in [6, 6.07) is 4.01. The predicted molar refractivity (Wildman–Crippen MR) is 71.9 cm³/mol. The molecular weight excluding hydrogens is 285 g/mol. The van der Waals surface area contributed by atoms with E-state index >= 15 is 0 Å². The molecule has 0 fully saturated rings. The van der Waals surface area contributed by atoms with E-state index in [1.165, 1.54) is 23.0 Å². The van der Waals surface area contributed by atoms with Crippen molar-refractivity contribution in [3.05, 3.63) is 52.6 Å². The summed E-state index contributed by atoms with van der Waals surface area (Å²) in [6.07, 6.45) is 1.97. The molecule has 1 heterocycles. The Balaban J connectivity index is 1.96. The Hall–Kier alpha value is -1.92. The molecule has 5 nitrogen and oxygen atoms in total. The fourth-order valence-electron chi connectivity index (χ4n) is 1.67. The summed E-state index contributed by atoms with van der Waals surface area (Å²) in [5, 5.41) is 16.3. The van der Waals surface area contributed by atoms with Crippen LogP contribution in [-0.4, -0.2) is 27.3 Å². The van der Waals surface area contributed by atoms with Gasteiger partial charge < -0.3 is 10.4 Å². The van der Waals surface area contributed by atoms with Crippen LogP contribution in [0.5, 0.6) is 0 Å². The number of nitrogens with zero attached hydrogens (tertiary/aromatic N) is 2. The number of halogens is 2. The number of hydrogen-bond donors (Lipinski definition) is 2. The number of hydrogen-bond acceptors (Lipinski definition) is 3. The van der Waals surface area contributed by atoms with Crippen molar-refractivity contribution in [1.82, 2.24) is 15.1 Å². The van der Waals surface area contributed by atoms with Crippen molar-refractivity contribution in [1.29, 1.82) is 0 Å². The fourth-order valence-corrected chi connectivity index (χ4v) is 1.78. The third kappa shape index (κ3) is 3.34. The number of aromatic nitrogens is 2. The van der Waals surface area contributed by atoms with E-state index in [9.17, 15) is 14.3 Å². The maximum absolute atomic E-state index is 13.3. The van der Waals surface area contributed by atoms with Gasteiger partial charge in [0, 0.05) is 19.8 Å². The number of carbonyl (C=O) groups excluding carboxylic acids is 1. The van der Waals surface area contributed by atoms with Gasteiger partial charge >= 0.3 is 0 Å². The molecule has 0 spiro atoms. The van der Waals surface area contributed by atoms with Crippen LogP contribution in [0.2, 0.25) is 5.02 Å². The number of benzene rings is 1. The van der Waals surface area contributed by atoms with Crippen molar-refractivity contribution in [2.45, 2.75) is 6.10 Å². The Morgan fingerprint density at radius 2 is 2.35 bits per heavy atom. The van der Waals surface area contributed by atoms with E-state index in [1.54, 1.807) is 13.2 Å². The molecule has 0 aliphatic heterocycles. The minimum atomic E-state index is -1.01. The van der Waals surface area contributed by atoms with Crippen molar-refractivity contribution < 1.29 is 14.3 Å². The van der Waals surface area contributed by atoms with Gasteiger partial charge in [-0.2, -0.15) is 5.10 Å². The number of amides is 1. The average Bonchev–Trinajstić information content (AvgIpc) is 2.85. The maximum atomic E-state index is 13.3. The summed E-state index contributed by atoms with van der Waals surface area (Å²) in [4.78, 5) is 11.7. The van der Waals surface area contributed by atoms with E-state index < -0.39 is 11.9 Å². The monoisotopic (exact) mass is 297 g/mol. The van der Waals surface area contributed by atoms with Crippen LogP contribution < -0.4 is 5.32 Å². The molecular formula is C13H13ClFN3O2. The van der Waals surface area contributed by atoms with Gasteiger partial charge in [-0.3, -0.25) is 9.48 Å². The van der Waals surface area contributed by atoms with Gasteiger partial charge in [0.05, 0.1) is 22.9 Å². The molecule has 0 saturated heterocycles. The van der Waals surface area contributed by atoms with Gasteiger partial charge in [-0.25, -0.2) is 4.39 Å². The second-order valence-electron chi connectivity index (χ2n) is 4.30. The Kier molecular flexibility index (Phi) is 4.36. The molecule has 0 bridgehead atoms. The second-order valence-corrected chi connectivity index (χ2v) is 4.71. The Bertz CT molecular complexity index is 630. The van der Waals surface area contributed by atoms with Crippen LogP contribution in [0.25, 0.3) is 0 Å². The Morgan fingerprint density at radius 3 is 2.95 bits per heavy atom. The topological polar surface area (TPSA) is 67.2 Å². The van der Waals surface area contributed by atoms with Crippen LogP contribution in [0.15, 0.2) is 30.6 Å². The second kappa shape index (κ2) is 6.02. The number of aryl methyl sites for hydroxylation is 1. The van der Waals surface area contributed by atoms with E-state index in [4.69, 9.17) is 11.6 Å². The minimum Gasteiger partial charge on any atom is -0.387 e. The summed E-state index contributed by atoms with van der Waals surface area (Å²) in [7, 11) is 1.70. The van der Waals surface area contributed by atoms with Crippen molar-refractivity contribution in [3.8, 4) is 0 Å². The van der Waals surface area contributed by atoms with Gasteiger partial charge in [0.1, 0.15) is 5.82 Å². The lowest BCUT2D eigenvalue weighted by Crippen LogP contribution is -2.28. The number of nitrogens with one attached hydrogen (secondary N) is 1. The Labute approximate surface area is 120 Å². The van der Waals surface area contributed by atoms with Gasteiger partial charge in [-0.15, -0.1) is 0 Å². The van der Waals surface area contributed by atoms with Gasteiger partial charge in [0.2, 0.25) is 0 Å². The third-order valence-electron chi connectivity index (χ3n) is 2.75. The Morgan fingerprint density at radius 1 is 1.60 bits per heavy atom. The summed E-state index contributed by atoms with van der Waals surface area (Å²) in [5.74, 6) is -0.964. The molecule has 20 heavy (non-hydrogen) atoms. The van der Waals surface area contributed by atoms with Crippen molar-refractivity contribution in [2.75, 3.05) is 6.54 Å². The van der Waals surface area contributed by atoms with E-state index in [0.29, 0.717) is 11.1 Å². The number of aliphatic hydroxyl groups is 1. The molecule has 7 heteroatoms. The lowest BCUT2D eigenvalue weighted by molar-refractivity contribution is 0.0916. The SMILES string of the molecule is Cn1cc(C(=O)NCC(O)c2ccc(Cl)c(F)c2)cn1. The average molecular weight is 298 g/mol. The van der Waals surface area contributed by atoms with Crippen LogP contribution in [0.4, 0.5) is 4.39 Å². The molecule has 2 aromatic rings. The standard InChI is InChI=1S/C13H13ClFN3O2/c1-18-7-9(5-17-18)13(20)16-6-12(19)8-2-3-10(14)11(15)4-8/h2-5,7,12,19H,6H2,1H3,(H,16,20). The number of rotatable bonds is 4. The summed E-state index contributed by atoms with van der Waals surface area (Å²) in [6.45, 7) is -0.0329. The van der Waals surface area contributed by atoms with Crippen LogP contribution in [0.1, 0.15) is 22.0 Å². The molecule has 1 unspecified atom stereocenters. The molecule has 0 saturated carbocycles. The summed E-state index contributed by atoms with van der Waals surface area (Å²) in [5.41, 5.74) is 0.736. The fraction of sp³-hybridized carbons (Fsp3) is 0.231. The highest BCUT2D eigenvalue weighted by Gasteiger charge is 2.13. The minimum absolute atomic E-state index is 0.0136. The first-order valence-electron chi connectivity index (χ1n) is 5.87. The van der Waals surface area contributed by atoms with Gasteiger partial charge in [0.15, 0.2) is 0 Å². The molecule has 0 radical (unpaired) electrons. The molecule has 0 aliphatic carbocycles. The van der Waals surface area contributed by atoms with Gasteiger partial charge in [-0.05, 0) is 17.7 Å². The number of carbonyl (C=O) groups is 1. The third-order valence-corrected chi connectivity index (χ3v) is 3.06. The van der Waals surface area contributed by atoms with Crippen LogP contribution >= 0.6 is 11.6 Å². The molecule has 1 atom stereocenters. The van der Waals surface area contributed by atoms with E-state index in [-0.39, 0.29) is 17.5 Å². The van der Waals surface area contributed by atoms with Crippen LogP contribution in [-0.2, 0) is 7.05 Å². The molecule has 2 rings (SSSR count). The van der Waals surface area contributed by atoms with Gasteiger partial charge in [0.25, 0.3) is 5.91 Å². The first kappa shape index (κ1) is 14.5. The highest BCUT2D eigenvalue weighted by atomic mass is 35.5. The molecule has 1 amide bonds. The zero-order valence-corrected chi connectivity index (χ0v) is 11.4. The zero-order chi connectivity index (χ0) is 14.7. The predicted octanol–water partition coefficient (Wildman–Crippen LogP) is 1.68. The summed E-state index contributed by atoms with van der Waals surface area (Å²) < 4.78 is 14.8. The molecule has 1 aromatic carbocycles. The van der Waals surface area contributed by atoms with Crippen LogP contribution in [0, 0.1) is 5.82 Å². The molecule has 0 aliphatic rings. The highest BCUT2D eigenvalue weighted by Crippen LogP contribution is 2.19. The van der Waals surface area contributed by atoms with Crippen LogP contribution in [0.3, 0.4) is 0 Å². The lowest BCUT2D eigenvalue weighted by atomic mass is 10.1. The number of aliphatic hydroxyl groups excluding tert-OH is 1. The lowest BCUT2D eigenvalue weighted by Gasteiger charge is -2.12. The quantitative estimate of drug-likeness (QED) is 0.902. The van der Waals surface area contributed by atoms with Crippen molar-refractivity contribution in [2.24, 2.45) is 7.05 Å². The van der Waals surface area contributed by atoms with E-state index in [2.05, 4.69) is 10.4 Å². The van der Waals surface area contributed by atoms with Gasteiger partial charge in [-0.1, -0.05) is 17.7 Å². The molecule has 2 N–H and O–H groups in total. The van der Waals surface area contributed by atoms with Crippen molar-refractivity contribution in [3.63, 3.8) is 0 Å².